The Morgan fingerprint density at radius 3 is 2.75 bits per heavy atom. The van der Waals surface area contributed by atoms with Crippen LogP contribution in [0.2, 0.25) is 0 Å². The van der Waals surface area contributed by atoms with E-state index in [1.807, 2.05) is 29.2 Å². The summed E-state index contributed by atoms with van der Waals surface area (Å²) in [7, 11) is 1.61. The summed E-state index contributed by atoms with van der Waals surface area (Å²) in [4.78, 5) is 16.3. The van der Waals surface area contributed by atoms with Crippen molar-refractivity contribution in [2.45, 2.75) is 0 Å². The average Bonchev–Trinajstić information content (AvgIpc) is 2.48. The highest BCUT2D eigenvalue weighted by Gasteiger charge is 2.20. The molecule has 6 heteroatoms. The summed E-state index contributed by atoms with van der Waals surface area (Å²) >= 11 is 0. The van der Waals surface area contributed by atoms with Gasteiger partial charge in [0.15, 0.2) is 0 Å². The number of carbonyl (C=O) groups is 1. The van der Waals surface area contributed by atoms with Gasteiger partial charge in [-0.25, -0.2) is 4.79 Å². The molecule has 6 nitrogen and oxygen atoms in total. The number of nitrogens with one attached hydrogen (secondary N) is 1. The zero-order valence-corrected chi connectivity index (χ0v) is 11.8. The van der Waals surface area contributed by atoms with E-state index < -0.39 is 0 Å². The Hall–Kier alpha value is -1.79. The minimum atomic E-state index is -0.0642. The molecule has 0 unspecified atom stereocenters. The Morgan fingerprint density at radius 1 is 1.35 bits per heavy atom. The van der Waals surface area contributed by atoms with Gasteiger partial charge in [-0.15, -0.1) is 0 Å². The Labute approximate surface area is 119 Å². The molecule has 0 aromatic heterocycles. The summed E-state index contributed by atoms with van der Waals surface area (Å²) in [6, 6.07) is 7.30. The Bertz CT molecular complexity index is 445. The number of ether oxygens (including phenoxy) is 1. The number of urea groups is 1. The van der Waals surface area contributed by atoms with Crippen molar-refractivity contribution in [3.05, 3.63) is 24.3 Å². The lowest BCUT2D eigenvalue weighted by atomic mass is 10.3. The summed E-state index contributed by atoms with van der Waals surface area (Å²) in [6.45, 7) is 4.78. The zero-order valence-electron chi connectivity index (χ0n) is 11.8. The Balaban J connectivity index is 1.86. The number of hydrogen-bond acceptors (Lipinski definition) is 4. The van der Waals surface area contributed by atoms with Crippen molar-refractivity contribution in [1.29, 1.82) is 0 Å². The molecule has 1 aliphatic heterocycles. The number of nitrogens with zero attached hydrogens (tertiary/aromatic N) is 2. The predicted molar refractivity (Wildman–Crippen MR) is 79.1 cm³/mol. The number of amides is 2. The van der Waals surface area contributed by atoms with Crippen LogP contribution in [0.15, 0.2) is 24.3 Å². The summed E-state index contributed by atoms with van der Waals surface area (Å²) in [5.41, 5.74) is 6.29. The molecule has 1 aromatic rings. The van der Waals surface area contributed by atoms with E-state index in [9.17, 15) is 4.79 Å². The first-order valence-corrected chi connectivity index (χ1v) is 6.85. The molecule has 1 heterocycles. The first kappa shape index (κ1) is 14.6. The molecule has 20 heavy (non-hydrogen) atoms. The molecule has 1 saturated heterocycles. The number of methoxy groups -OCH3 is 1. The van der Waals surface area contributed by atoms with Crippen molar-refractivity contribution in [2.75, 3.05) is 51.7 Å². The molecule has 0 spiro atoms. The van der Waals surface area contributed by atoms with Gasteiger partial charge >= 0.3 is 6.03 Å². The van der Waals surface area contributed by atoms with E-state index in [4.69, 9.17) is 10.5 Å². The maximum atomic E-state index is 12.2. The second kappa shape index (κ2) is 7.12. The topological polar surface area (TPSA) is 70.8 Å². The van der Waals surface area contributed by atoms with Crippen molar-refractivity contribution < 1.29 is 9.53 Å². The molecular formula is C14H22N4O2. The van der Waals surface area contributed by atoms with Gasteiger partial charge in [0, 0.05) is 51.0 Å². The number of piperazine rings is 1. The lowest BCUT2D eigenvalue weighted by molar-refractivity contribution is 0.149. The summed E-state index contributed by atoms with van der Waals surface area (Å²) in [6.07, 6.45) is 0. The molecule has 0 saturated carbocycles. The van der Waals surface area contributed by atoms with Crippen LogP contribution >= 0.6 is 0 Å². The van der Waals surface area contributed by atoms with Crippen LogP contribution in [0, 0.1) is 0 Å². The molecular weight excluding hydrogens is 256 g/mol. The fourth-order valence-corrected chi connectivity index (χ4v) is 2.26. The van der Waals surface area contributed by atoms with E-state index >= 15 is 0 Å². The summed E-state index contributed by atoms with van der Waals surface area (Å²) < 4.78 is 5.14. The smallest absolute Gasteiger partial charge is 0.321 e. The third kappa shape index (κ3) is 3.85. The van der Waals surface area contributed by atoms with Crippen LogP contribution in [0.5, 0.6) is 5.75 Å². The van der Waals surface area contributed by atoms with Crippen LogP contribution in [-0.2, 0) is 0 Å². The number of benzene rings is 1. The SMILES string of the molecule is COc1cccc(NC(=O)N2CCN(CCN)CC2)c1. The lowest BCUT2D eigenvalue weighted by Crippen LogP contribution is -2.50. The number of nitrogens with two attached hydrogens (primary N) is 1. The standard InChI is InChI=1S/C14H22N4O2/c1-20-13-4-2-3-12(11-13)16-14(19)18-9-7-17(6-5-15)8-10-18/h2-4,11H,5-10,15H2,1H3,(H,16,19). The molecule has 2 amide bonds. The molecule has 0 bridgehead atoms. The van der Waals surface area contributed by atoms with Gasteiger partial charge in [0.2, 0.25) is 0 Å². The van der Waals surface area contributed by atoms with Gasteiger partial charge in [-0.2, -0.15) is 0 Å². The second-order valence-electron chi connectivity index (χ2n) is 4.78. The quantitative estimate of drug-likeness (QED) is 0.855. The third-order valence-corrected chi connectivity index (χ3v) is 3.43. The average molecular weight is 278 g/mol. The number of hydrogen-bond donors (Lipinski definition) is 2. The zero-order chi connectivity index (χ0) is 14.4. The van der Waals surface area contributed by atoms with E-state index in [0.717, 1.165) is 44.2 Å². The molecule has 2 rings (SSSR count). The van der Waals surface area contributed by atoms with Gasteiger partial charge in [-0.1, -0.05) is 6.07 Å². The minimum absolute atomic E-state index is 0.0642. The second-order valence-corrected chi connectivity index (χ2v) is 4.78. The monoisotopic (exact) mass is 278 g/mol. The van der Waals surface area contributed by atoms with Gasteiger partial charge in [0.05, 0.1) is 7.11 Å². The van der Waals surface area contributed by atoms with Crippen molar-refractivity contribution in [1.82, 2.24) is 9.80 Å². The number of rotatable bonds is 4. The maximum Gasteiger partial charge on any atom is 0.321 e. The molecule has 110 valence electrons. The van der Waals surface area contributed by atoms with Gasteiger partial charge in [0.25, 0.3) is 0 Å². The Kier molecular flexibility index (Phi) is 5.20. The first-order valence-electron chi connectivity index (χ1n) is 6.85. The molecule has 0 radical (unpaired) electrons. The van der Waals surface area contributed by atoms with Gasteiger partial charge in [0.1, 0.15) is 5.75 Å². The van der Waals surface area contributed by atoms with Crippen molar-refractivity contribution in [3.8, 4) is 5.75 Å². The van der Waals surface area contributed by atoms with Gasteiger partial charge in [-0.05, 0) is 12.1 Å². The van der Waals surface area contributed by atoms with Crippen LogP contribution in [0.3, 0.4) is 0 Å². The number of carbonyl (C=O) groups excluding carboxylic acids is 1. The largest absolute Gasteiger partial charge is 0.497 e. The van der Waals surface area contributed by atoms with Crippen molar-refractivity contribution in [2.24, 2.45) is 5.73 Å². The van der Waals surface area contributed by atoms with E-state index in [2.05, 4.69) is 10.2 Å². The first-order chi connectivity index (χ1) is 9.72. The summed E-state index contributed by atoms with van der Waals surface area (Å²) in [5.74, 6) is 0.732. The highest BCUT2D eigenvalue weighted by atomic mass is 16.5. The minimum Gasteiger partial charge on any atom is -0.497 e. The normalized spacial score (nSPS) is 16.0. The highest BCUT2D eigenvalue weighted by molar-refractivity contribution is 5.89. The van der Waals surface area contributed by atoms with Crippen molar-refractivity contribution in [3.63, 3.8) is 0 Å². The van der Waals surface area contributed by atoms with E-state index in [-0.39, 0.29) is 6.03 Å². The number of anilines is 1. The molecule has 1 aliphatic rings. The predicted octanol–water partition coefficient (Wildman–Crippen LogP) is 0.803. The molecule has 1 aromatic carbocycles. The van der Waals surface area contributed by atoms with Gasteiger partial charge in [-0.3, -0.25) is 4.90 Å². The highest BCUT2D eigenvalue weighted by Crippen LogP contribution is 2.17. The van der Waals surface area contributed by atoms with Crippen LogP contribution in [0.1, 0.15) is 0 Å². The molecule has 1 fully saturated rings. The fraction of sp³-hybridized carbons (Fsp3) is 0.500. The van der Waals surface area contributed by atoms with Crippen LogP contribution in [0.25, 0.3) is 0 Å². The van der Waals surface area contributed by atoms with E-state index in [1.54, 1.807) is 7.11 Å². The molecule has 0 atom stereocenters. The summed E-state index contributed by atoms with van der Waals surface area (Å²) in [5, 5.41) is 2.90. The van der Waals surface area contributed by atoms with Crippen LogP contribution in [-0.4, -0.2) is 62.2 Å². The van der Waals surface area contributed by atoms with Crippen molar-refractivity contribution >= 4 is 11.7 Å². The molecule has 3 N–H and O–H groups in total. The van der Waals surface area contributed by atoms with Crippen LogP contribution in [0.4, 0.5) is 10.5 Å². The molecule has 0 aliphatic carbocycles. The van der Waals surface area contributed by atoms with E-state index in [1.165, 1.54) is 0 Å². The third-order valence-electron chi connectivity index (χ3n) is 3.43. The maximum absolute atomic E-state index is 12.2. The van der Waals surface area contributed by atoms with Gasteiger partial charge < -0.3 is 20.7 Å². The fourth-order valence-electron chi connectivity index (χ4n) is 2.26. The Morgan fingerprint density at radius 2 is 2.10 bits per heavy atom. The van der Waals surface area contributed by atoms with Crippen LogP contribution < -0.4 is 15.8 Å². The lowest BCUT2D eigenvalue weighted by Gasteiger charge is -2.34. The van der Waals surface area contributed by atoms with E-state index in [0.29, 0.717) is 6.54 Å².